The third kappa shape index (κ3) is 7.44. The van der Waals surface area contributed by atoms with Crippen molar-refractivity contribution < 1.29 is 0 Å². The van der Waals surface area contributed by atoms with Crippen LogP contribution in [0.5, 0.6) is 0 Å². The molecule has 1 heterocycles. The topological polar surface area (TPSA) is 38.9 Å². The van der Waals surface area contributed by atoms with Crippen LogP contribution in [0.25, 0.3) is 0 Å². The summed E-state index contributed by atoms with van der Waals surface area (Å²) in [7, 11) is 0. The quantitative estimate of drug-likeness (QED) is 0.633. The van der Waals surface area contributed by atoms with Crippen LogP contribution in [0, 0.1) is 0 Å². The molecule has 1 aromatic rings. The van der Waals surface area contributed by atoms with Crippen molar-refractivity contribution in [2.75, 3.05) is 0 Å². The molecule has 2 N–H and O–H groups in total. The van der Waals surface area contributed by atoms with Gasteiger partial charge in [-0.15, -0.1) is 0 Å². The molecule has 0 radical (unpaired) electrons. The molecular formula is C16H28N2. The van der Waals surface area contributed by atoms with Gasteiger partial charge in [0, 0.05) is 18.4 Å². The Bertz CT molecular complexity index is 284. The molecule has 1 unspecified atom stereocenters. The van der Waals surface area contributed by atoms with Crippen LogP contribution < -0.4 is 5.73 Å². The minimum atomic E-state index is 0.358. The highest BCUT2D eigenvalue weighted by Gasteiger charge is 2.03. The zero-order chi connectivity index (χ0) is 13.1. The van der Waals surface area contributed by atoms with Gasteiger partial charge in [-0.05, 0) is 30.9 Å². The Morgan fingerprint density at radius 1 is 1.11 bits per heavy atom. The van der Waals surface area contributed by atoms with Gasteiger partial charge in [0.05, 0.1) is 0 Å². The molecule has 102 valence electrons. The van der Waals surface area contributed by atoms with Gasteiger partial charge in [-0.25, -0.2) is 0 Å². The molecule has 1 aromatic heterocycles. The summed E-state index contributed by atoms with van der Waals surface area (Å²) in [6, 6.07) is 4.48. The van der Waals surface area contributed by atoms with E-state index in [9.17, 15) is 0 Å². The van der Waals surface area contributed by atoms with E-state index >= 15 is 0 Å². The molecule has 2 nitrogen and oxygen atoms in total. The van der Waals surface area contributed by atoms with Gasteiger partial charge >= 0.3 is 0 Å². The first-order chi connectivity index (χ1) is 8.83. The van der Waals surface area contributed by atoms with E-state index in [0.29, 0.717) is 6.04 Å². The monoisotopic (exact) mass is 248 g/mol. The van der Waals surface area contributed by atoms with Gasteiger partial charge in [-0.2, -0.15) is 0 Å². The van der Waals surface area contributed by atoms with Gasteiger partial charge < -0.3 is 5.73 Å². The number of hydrogen-bond acceptors (Lipinski definition) is 2. The third-order valence-electron chi connectivity index (χ3n) is 3.46. The molecule has 2 heteroatoms. The van der Waals surface area contributed by atoms with Crippen LogP contribution in [-0.2, 0) is 6.42 Å². The number of nitrogens with zero attached hydrogens (tertiary/aromatic N) is 1. The fourth-order valence-electron chi connectivity index (χ4n) is 2.23. The standard InChI is InChI=1S/C16H28N2/c1-2-3-4-5-6-7-10-16(17)12-11-15-9-8-13-18-14-15/h8-9,13-14,16H,2-7,10-12,17H2,1H3. The summed E-state index contributed by atoms with van der Waals surface area (Å²) in [5.41, 5.74) is 7.44. The summed E-state index contributed by atoms with van der Waals surface area (Å²) >= 11 is 0. The molecule has 1 atom stereocenters. The average molecular weight is 248 g/mol. The number of aromatic nitrogens is 1. The lowest BCUT2D eigenvalue weighted by molar-refractivity contribution is 0.512. The second-order valence-electron chi connectivity index (χ2n) is 5.22. The summed E-state index contributed by atoms with van der Waals surface area (Å²) in [6.45, 7) is 2.26. The molecule has 0 bridgehead atoms. The highest BCUT2D eigenvalue weighted by molar-refractivity contribution is 5.08. The van der Waals surface area contributed by atoms with Crippen LogP contribution in [-0.4, -0.2) is 11.0 Å². The van der Waals surface area contributed by atoms with Crippen LogP contribution in [0.3, 0.4) is 0 Å². The second-order valence-corrected chi connectivity index (χ2v) is 5.22. The van der Waals surface area contributed by atoms with Crippen molar-refractivity contribution >= 4 is 0 Å². The Morgan fingerprint density at radius 3 is 2.61 bits per heavy atom. The molecule has 18 heavy (non-hydrogen) atoms. The maximum Gasteiger partial charge on any atom is 0.0299 e. The summed E-state index contributed by atoms with van der Waals surface area (Å²) in [6.07, 6.45) is 15.2. The molecule has 0 fully saturated rings. The van der Waals surface area contributed by atoms with Crippen molar-refractivity contribution in [1.29, 1.82) is 0 Å². The zero-order valence-corrected chi connectivity index (χ0v) is 11.8. The Kier molecular flexibility index (Phi) is 8.49. The maximum atomic E-state index is 6.14. The van der Waals surface area contributed by atoms with Gasteiger partial charge in [0.25, 0.3) is 0 Å². The van der Waals surface area contributed by atoms with Gasteiger partial charge in [0.2, 0.25) is 0 Å². The van der Waals surface area contributed by atoms with Gasteiger partial charge in [0.15, 0.2) is 0 Å². The van der Waals surface area contributed by atoms with Crippen molar-refractivity contribution in [2.45, 2.75) is 70.8 Å². The minimum absolute atomic E-state index is 0.358. The predicted octanol–water partition coefficient (Wildman–Crippen LogP) is 4.09. The summed E-state index contributed by atoms with van der Waals surface area (Å²) in [4.78, 5) is 4.13. The largest absolute Gasteiger partial charge is 0.328 e. The Hall–Kier alpha value is -0.890. The third-order valence-corrected chi connectivity index (χ3v) is 3.46. The van der Waals surface area contributed by atoms with Crippen molar-refractivity contribution in [3.63, 3.8) is 0 Å². The number of aryl methyl sites for hydroxylation is 1. The molecular weight excluding hydrogens is 220 g/mol. The maximum absolute atomic E-state index is 6.14. The van der Waals surface area contributed by atoms with Crippen LogP contribution in [0.1, 0.15) is 63.9 Å². The van der Waals surface area contributed by atoms with Crippen LogP contribution in [0.15, 0.2) is 24.5 Å². The van der Waals surface area contributed by atoms with Crippen molar-refractivity contribution in [1.82, 2.24) is 4.98 Å². The van der Waals surface area contributed by atoms with Crippen molar-refractivity contribution in [3.05, 3.63) is 30.1 Å². The summed E-state index contributed by atoms with van der Waals surface area (Å²) in [5, 5.41) is 0. The lowest BCUT2D eigenvalue weighted by Crippen LogP contribution is -2.20. The highest BCUT2D eigenvalue weighted by atomic mass is 14.6. The molecule has 0 aliphatic heterocycles. The number of nitrogens with two attached hydrogens (primary N) is 1. The van der Waals surface area contributed by atoms with Crippen LogP contribution in [0.4, 0.5) is 0 Å². The number of rotatable bonds is 10. The van der Waals surface area contributed by atoms with Gasteiger partial charge in [-0.3, -0.25) is 4.98 Å². The van der Waals surface area contributed by atoms with E-state index in [0.717, 1.165) is 12.8 Å². The molecule has 0 aliphatic carbocycles. The second kappa shape index (κ2) is 10.1. The Balaban J connectivity index is 1.99. The molecule has 0 aromatic carbocycles. The molecule has 0 saturated carbocycles. The predicted molar refractivity (Wildman–Crippen MR) is 78.5 cm³/mol. The molecule has 1 rings (SSSR count). The van der Waals surface area contributed by atoms with E-state index in [1.807, 2.05) is 18.5 Å². The van der Waals surface area contributed by atoms with E-state index < -0.39 is 0 Å². The molecule has 0 amide bonds. The van der Waals surface area contributed by atoms with Crippen LogP contribution >= 0.6 is 0 Å². The molecule has 0 spiro atoms. The van der Waals surface area contributed by atoms with E-state index in [-0.39, 0.29) is 0 Å². The van der Waals surface area contributed by atoms with E-state index in [1.54, 1.807) is 0 Å². The number of pyridine rings is 1. The SMILES string of the molecule is CCCCCCCCC(N)CCc1cccnc1. The Morgan fingerprint density at radius 2 is 1.89 bits per heavy atom. The average Bonchev–Trinajstić information content (AvgIpc) is 2.41. The minimum Gasteiger partial charge on any atom is -0.328 e. The lowest BCUT2D eigenvalue weighted by Gasteiger charge is -2.11. The molecule has 0 aliphatic rings. The van der Waals surface area contributed by atoms with E-state index in [4.69, 9.17) is 5.73 Å². The Labute approximate surface area is 112 Å². The van der Waals surface area contributed by atoms with Crippen molar-refractivity contribution in [2.24, 2.45) is 5.73 Å². The normalized spacial score (nSPS) is 12.6. The number of hydrogen-bond donors (Lipinski definition) is 1. The summed E-state index contributed by atoms with van der Waals surface area (Å²) < 4.78 is 0. The first-order valence-electron chi connectivity index (χ1n) is 7.47. The van der Waals surface area contributed by atoms with Gasteiger partial charge in [0.1, 0.15) is 0 Å². The number of unbranched alkanes of at least 4 members (excludes halogenated alkanes) is 5. The molecule has 0 saturated heterocycles. The lowest BCUT2D eigenvalue weighted by atomic mass is 10.0. The van der Waals surface area contributed by atoms with E-state index in [2.05, 4.69) is 18.0 Å². The fourth-order valence-corrected chi connectivity index (χ4v) is 2.23. The zero-order valence-electron chi connectivity index (χ0n) is 11.8. The van der Waals surface area contributed by atoms with E-state index in [1.165, 1.54) is 50.5 Å². The van der Waals surface area contributed by atoms with Crippen LogP contribution in [0.2, 0.25) is 0 Å². The van der Waals surface area contributed by atoms with Crippen molar-refractivity contribution in [3.8, 4) is 0 Å². The fraction of sp³-hybridized carbons (Fsp3) is 0.688. The van der Waals surface area contributed by atoms with Gasteiger partial charge in [-0.1, -0.05) is 51.5 Å². The summed E-state index contributed by atoms with van der Waals surface area (Å²) in [5.74, 6) is 0. The highest BCUT2D eigenvalue weighted by Crippen LogP contribution is 2.11. The first-order valence-corrected chi connectivity index (χ1v) is 7.47. The first kappa shape index (κ1) is 15.2. The smallest absolute Gasteiger partial charge is 0.0299 e.